The van der Waals surface area contributed by atoms with Gasteiger partial charge in [0, 0.05) is 24.7 Å². The molecule has 0 saturated carbocycles. The topological polar surface area (TPSA) is 97.1 Å². The second kappa shape index (κ2) is 8.91. The van der Waals surface area contributed by atoms with Crippen LogP contribution in [0, 0.1) is 10.1 Å². The standard InChI is InChI=1S/C19H20N4O4/c24-19(13-15-4-2-1-3-5-15)21-20-14-16-6-7-17(18(12-16)23(25)26)22-8-10-27-11-9-22/h1-7,12,14H,8-11,13H2,(H,21,24)/b20-14-. The predicted octanol–water partition coefficient (Wildman–Crippen LogP) is 2.12. The number of nitrogens with zero attached hydrogens (tertiary/aromatic N) is 3. The zero-order valence-corrected chi connectivity index (χ0v) is 14.7. The van der Waals surface area contributed by atoms with Crippen LogP contribution in [0.25, 0.3) is 0 Å². The van der Waals surface area contributed by atoms with E-state index < -0.39 is 4.92 Å². The van der Waals surface area contributed by atoms with E-state index >= 15 is 0 Å². The highest BCUT2D eigenvalue weighted by Gasteiger charge is 2.21. The molecule has 0 bridgehead atoms. The minimum absolute atomic E-state index is 0.0106. The van der Waals surface area contributed by atoms with Gasteiger partial charge in [-0.1, -0.05) is 36.4 Å². The van der Waals surface area contributed by atoms with Gasteiger partial charge in [0.2, 0.25) is 5.91 Å². The number of morpholine rings is 1. The summed E-state index contributed by atoms with van der Waals surface area (Å²) in [5.41, 5.74) is 4.44. The van der Waals surface area contributed by atoms with Crippen molar-refractivity contribution in [3.8, 4) is 0 Å². The van der Waals surface area contributed by atoms with Gasteiger partial charge in [-0.25, -0.2) is 5.43 Å². The highest BCUT2D eigenvalue weighted by Crippen LogP contribution is 2.29. The third kappa shape index (κ3) is 5.11. The van der Waals surface area contributed by atoms with Crippen molar-refractivity contribution < 1.29 is 14.5 Å². The molecule has 1 aliphatic rings. The molecule has 1 N–H and O–H groups in total. The summed E-state index contributed by atoms with van der Waals surface area (Å²) in [7, 11) is 0. The number of nitro groups is 1. The summed E-state index contributed by atoms with van der Waals surface area (Å²) in [6, 6.07) is 14.2. The van der Waals surface area contributed by atoms with Crippen LogP contribution < -0.4 is 10.3 Å². The quantitative estimate of drug-likeness (QED) is 0.479. The Balaban J connectivity index is 1.65. The molecule has 1 fully saturated rings. The Kier molecular flexibility index (Phi) is 6.11. The molecule has 8 heteroatoms. The van der Waals surface area contributed by atoms with Gasteiger partial charge in [0.05, 0.1) is 30.8 Å². The molecule has 1 aliphatic heterocycles. The van der Waals surface area contributed by atoms with E-state index in [1.807, 2.05) is 35.2 Å². The van der Waals surface area contributed by atoms with E-state index in [9.17, 15) is 14.9 Å². The van der Waals surface area contributed by atoms with E-state index in [4.69, 9.17) is 4.74 Å². The number of carbonyl (C=O) groups is 1. The molecule has 0 spiro atoms. The molecular formula is C19H20N4O4. The molecule has 2 aromatic carbocycles. The first kappa shape index (κ1) is 18.5. The van der Waals surface area contributed by atoms with Crippen LogP contribution in [0.15, 0.2) is 53.6 Å². The summed E-state index contributed by atoms with van der Waals surface area (Å²) < 4.78 is 5.29. The number of carbonyl (C=O) groups excluding carboxylic acids is 1. The van der Waals surface area contributed by atoms with Crippen LogP contribution >= 0.6 is 0 Å². The van der Waals surface area contributed by atoms with Crippen LogP contribution in [0.2, 0.25) is 0 Å². The molecule has 8 nitrogen and oxygen atoms in total. The van der Waals surface area contributed by atoms with Gasteiger partial charge in [0.1, 0.15) is 5.69 Å². The van der Waals surface area contributed by atoms with Crippen molar-refractivity contribution >= 4 is 23.5 Å². The van der Waals surface area contributed by atoms with Gasteiger partial charge in [0.25, 0.3) is 5.69 Å². The highest BCUT2D eigenvalue weighted by atomic mass is 16.6. The predicted molar refractivity (Wildman–Crippen MR) is 102 cm³/mol. The van der Waals surface area contributed by atoms with Gasteiger partial charge in [-0.2, -0.15) is 5.10 Å². The SMILES string of the molecule is O=C(Cc1ccccc1)N/N=C\c1ccc(N2CCOCC2)c([N+](=O)[O-])c1. The number of ether oxygens (including phenoxy) is 1. The average molecular weight is 368 g/mol. The number of rotatable bonds is 6. The van der Waals surface area contributed by atoms with Gasteiger partial charge in [-0.05, 0) is 11.6 Å². The Bertz CT molecular complexity index is 833. The fourth-order valence-electron chi connectivity index (χ4n) is 2.84. The second-order valence-electron chi connectivity index (χ2n) is 6.06. The maximum Gasteiger partial charge on any atom is 0.293 e. The van der Waals surface area contributed by atoms with Crippen molar-refractivity contribution in [1.29, 1.82) is 0 Å². The summed E-state index contributed by atoms with van der Waals surface area (Å²) in [6.45, 7) is 2.33. The zero-order valence-electron chi connectivity index (χ0n) is 14.7. The number of hydrogen-bond donors (Lipinski definition) is 1. The van der Waals surface area contributed by atoms with Gasteiger partial charge in [0.15, 0.2) is 0 Å². The first-order valence-corrected chi connectivity index (χ1v) is 8.60. The number of hydrogen-bond acceptors (Lipinski definition) is 6. The van der Waals surface area contributed by atoms with Crippen LogP contribution in [-0.4, -0.2) is 43.3 Å². The molecule has 2 aromatic rings. The Morgan fingerprint density at radius 2 is 1.96 bits per heavy atom. The van der Waals surface area contributed by atoms with E-state index in [0.717, 1.165) is 5.56 Å². The Hall–Kier alpha value is -3.26. The van der Waals surface area contributed by atoms with Crippen LogP contribution in [0.3, 0.4) is 0 Å². The van der Waals surface area contributed by atoms with Crippen molar-refractivity contribution in [2.45, 2.75) is 6.42 Å². The molecule has 0 atom stereocenters. The maximum absolute atomic E-state index is 11.9. The fraction of sp³-hybridized carbons (Fsp3) is 0.263. The number of nitrogens with one attached hydrogen (secondary N) is 1. The molecule has 0 aliphatic carbocycles. The fourth-order valence-corrected chi connectivity index (χ4v) is 2.84. The van der Waals surface area contributed by atoms with E-state index in [2.05, 4.69) is 10.5 Å². The molecule has 1 heterocycles. The van der Waals surface area contributed by atoms with Crippen LogP contribution in [0.4, 0.5) is 11.4 Å². The van der Waals surface area contributed by atoms with Crippen molar-refractivity contribution in [2.24, 2.45) is 5.10 Å². The minimum Gasteiger partial charge on any atom is -0.378 e. The monoisotopic (exact) mass is 368 g/mol. The lowest BCUT2D eigenvalue weighted by atomic mass is 10.1. The molecule has 27 heavy (non-hydrogen) atoms. The lowest BCUT2D eigenvalue weighted by Gasteiger charge is -2.28. The Morgan fingerprint density at radius 3 is 2.67 bits per heavy atom. The number of hydrazone groups is 1. The van der Waals surface area contributed by atoms with E-state index in [0.29, 0.717) is 37.6 Å². The third-order valence-electron chi connectivity index (χ3n) is 4.16. The van der Waals surface area contributed by atoms with Crippen molar-refractivity contribution in [3.63, 3.8) is 0 Å². The third-order valence-corrected chi connectivity index (χ3v) is 4.16. The van der Waals surface area contributed by atoms with Crippen molar-refractivity contribution in [1.82, 2.24) is 5.43 Å². The van der Waals surface area contributed by atoms with Crippen molar-refractivity contribution in [3.05, 3.63) is 69.8 Å². The summed E-state index contributed by atoms with van der Waals surface area (Å²) >= 11 is 0. The first-order valence-electron chi connectivity index (χ1n) is 8.60. The van der Waals surface area contributed by atoms with Crippen LogP contribution in [-0.2, 0) is 16.0 Å². The van der Waals surface area contributed by atoms with Gasteiger partial charge < -0.3 is 9.64 Å². The molecule has 140 valence electrons. The second-order valence-corrected chi connectivity index (χ2v) is 6.06. The summed E-state index contributed by atoms with van der Waals surface area (Å²) in [5, 5.41) is 15.3. The molecule has 0 aromatic heterocycles. The lowest BCUT2D eigenvalue weighted by molar-refractivity contribution is -0.384. The van der Waals surface area contributed by atoms with Gasteiger partial charge in [-0.15, -0.1) is 0 Å². The molecular weight excluding hydrogens is 348 g/mol. The highest BCUT2D eigenvalue weighted by molar-refractivity contribution is 5.85. The van der Waals surface area contributed by atoms with Crippen LogP contribution in [0.5, 0.6) is 0 Å². The number of anilines is 1. The summed E-state index contributed by atoms with van der Waals surface area (Å²) in [4.78, 5) is 24.9. The molecule has 0 unspecified atom stereocenters. The number of amides is 1. The van der Waals surface area contributed by atoms with E-state index in [1.54, 1.807) is 12.1 Å². The van der Waals surface area contributed by atoms with Crippen LogP contribution in [0.1, 0.15) is 11.1 Å². The zero-order chi connectivity index (χ0) is 19.1. The molecule has 3 rings (SSSR count). The Morgan fingerprint density at radius 1 is 1.22 bits per heavy atom. The summed E-state index contributed by atoms with van der Waals surface area (Å²) in [5.74, 6) is -0.253. The van der Waals surface area contributed by atoms with E-state index in [1.165, 1.54) is 12.3 Å². The largest absolute Gasteiger partial charge is 0.378 e. The smallest absolute Gasteiger partial charge is 0.293 e. The molecule has 0 radical (unpaired) electrons. The minimum atomic E-state index is -0.407. The Labute approximate surface area is 156 Å². The number of benzene rings is 2. The molecule has 1 saturated heterocycles. The van der Waals surface area contributed by atoms with E-state index in [-0.39, 0.29) is 18.0 Å². The summed E-state index contributed by atoms with van der Waals surface area (Å²) in [6.07, 6.45) is 1.62. The maximum atomic E-state index is 11.9. The molecule has 1 amide bonds. The van der Waals surface area contributed by atoms with Gasteiger partial charge >= 0.3 is 0 Å². The lowest BCUT2D eigenvalue weighted by Crippen LogP contribution is -2.36. The normalized spacial score (nSPS) is 14.3. The number of nitro benzene ring substituents is 1. The van der Waals surface area contributed by atoms with Gasteiger partial charge in [-0.3, -0.25) is 14.9 Å². The van der Waals surface area contributed by atoms with Crippen molar-refractivity contribution in [2.75, 3.05) is 31.2 Å². The average Bonchev–Trinajstić information content (AvgIpc) is 2.69. The first-order chi connectivity index (χ1) is 13.1.